The molecule has 2 rings (SSSR count). The van der Waals surface area contributed by atoms with Gasteiger partial charge in [-0.15, -0.1) is 0 Å². The second kappa shape index (κ2) is 6.55. The average molecular weight is 351 g/mol. The Bertz CT molecular complexity index is 764. The Balaban J connectivity index is 2.05. The molecule has 0 saturated heterocycles. The molecule has 1 atom stereocenters. The highest BCUT2D eigenvalue weighted by atomic mass is 32.2. The van der Waals surface area contributed by atoms with Crippen LogP contribution in [0.3, 0.4) is 0 Å². The average Bonchev–Trinajstić information content (AvgIpc) is 2.76. The van der Waals surface area contributed by atoms with E-state index >= 15 is 0 Å². The molecule has 132 valence electrons. The number of nitrogens with zero attached hydrogens (tertiary/aromatic N) is 2. The molecule has 0 radical (unpaired) electrons. The van der Waals surface area contributed by atoms with Gasteiger partial charge >= 0.3 is 0 Å². The van der Waals surface area contributed by atoms with Gasteiger partial charge in [0.2, 0.25) is 5.91 Å². The van der Waals surface area contributed by atoms with Gasteiger partial charge in [-0.25, -0.2) is 8.42 Å². The number of amidine groups is 1. The molecule has 24 heavy (non-hydrogen) atoms. The van der Waals surface area contributed by atoms with Crippen LogP contribution in [0.4, 0.5) is 0 Å². The molecule has 0 saturated carbocycles. The zero-order chi connectivity index (χ0) is 18.1. The van der Waals surface area contributed by atoms with Gasteiger partial charge in [-0.1, -0.05) is 32.9 Å². The highest BCUT2D eigenvalue weighted by Gasteiger charge is 2.30. The van der Waals surface area contributed by atoms with Crippen LogP contribution in [0.15, 0.2) is 34.2 Å². The number of hydrogen-bond acceptors (Lipinski definition) is 4. The number of benzene rings is 1. The number of nitrogens with one attached hydrogen (secondary N) is 1. The van der Waals surface area contributed by atoms with Crippen LogP contribution >= 0.6 is 0 Å². The van der Waals surface area contributed by atoms with E-state index in [1.165, 1.54) is 0 Å². The van der Waals surface area contributed by atoms with Gasteiger partial charge in [-0.2, -0.15) is 0 Å². The number of carbonyl (C=O) groups excluding carboxylic acids is 1. The predicted octanol–water partition coefficient (Wildman–Crippen LogP) is 2.01. The third-order valence-electron chi connectivity index (χ3n) is 4.49. The van der Waals surface area contributed by atoms with Gasteiger partial charge in [0.15, 0.2) is 0 Å². The van der Waals surface area contributed by atoms with Crippen LogP contribution in [0.2, 0.25) is 0 Å². The van der Waals surface area contributed by atoms with Gasteiger partial charge in [-0.05, 0) is 24.5 Å². The van der Waals surface area contributed by atoms with E-state index in [-0.39, 0.29) is 35.2 Å². The van der Waals surface area contributed by atoms with E-state index in [1.54, 1.807) is 36.2 Å². The van der Waals surface area contributed by atoms with Crippen molar-refractivity contribution in [3.05, 3.63) is 29.8 Å². The van der Waals surface area contributed by atoms with Crippen molar-refractivity contribution in [2.75, 3.05) is 13.6 Å². The Hall–Kier alpha value is -1.89. The van der Waals surface area contributed by atoms with Crippen molar-refractivity contribution in [1.82, 2.24) is 9.62 Å². The summed E-state index contributed by atoms with van der Waals surface area (Å²) in [6.07, 6.45) is 0.240. The maximum atomic E-state index is 12.3. The zero-order valence-corrected chi connectivity index (χ0v) is 15.6. The summed E-state index contributed by atoms with van der Waals surface area (Å²) in [4.78, 5) is 18.5. The largest absolute Gasteiger partial charge is 0.342 e. The van der Waals surface area contributed by atoms with Crippen LogP contribution in [0.5, 0.6) is 0 Å². The SMILES string of the molecule is C[C@@H](N(C)C(=O)CCN=C1NS(=O)(=O)c2ccccc21)C(C)(C)C. The summed E-state index contributed by atoms with van der Waals surface area (Å²) in [6, 6.07) is 6.79. The maximum Gasteiger partial charge on any atom is 0.263 e. The van der Waals surface area contributed by atoms with Crippen molar-refractivity contribution >= 4 is 21.8 Å². The summed E-state index contributed by atoms with van der Waals surface area (Å²) in [6.45, 7) is 8.53. The number of aliphatic imine (C=N–C) groups is 1. The Morgan fingerprint density at radius 1 is 1.29 bits per heavy atom. The van der Waals surface area contributed by atoms with Crippen molar-refractivity contribution in [2.45, 2.75) is 45.1 Å². The Morgan fingerprint density at radius 2 is 1.92 bits per heavy atom. The van der Waals surface area contributed by atoms with Crippen molar-refractivity contribution in [2.24, 2.45) is 10.4 Å². The van der Waals surface area contributed by atoms with Crippen LogP contribution in [0.25, 0.3) is 0 Å². The highest BCUT2D eigenvalue weighted by molar-refractivity contribution is 7.90. The molecule has 1 aromatic rings. The molecule has 0 aliphatic carbocycles. The van der Waals surface area contributed by atoms with E-state index in [0.717, 1.165) is 0 Å². The third kappa shape index (κ3) is 3.77. The monoisotopic (exact) mass is 351 g/mol. The number of carbonyl (C=O) groups is 1. The minimum atomic E-state index is -3.53. The number of hydrogen-bond donors (Lipinski definition) is 1. The first-order valence-electron chi connectivity index (χ1n) is 7.96. The summed E-state index contributed by atoms with van der Waals surface area (Å²) >= 11 is 0. The molecule has 0 unspecified atom stereocenters. The summed E-state index contributed by atoms with van der Waals surface area (Å²) in [5.41, 5.74) is 0.553. The van der Waals surface area contributed by atoms with Gasteiger partial charge in [0.1, 0.15) is 5.84 Å². The fourth-order valence-electron chi connectivity index (χ4n) is 2.49. The van der Waals surface area contributed by atoms with Gasteiger partial charge in [0, 0.05) is 25.1 Å². The van der Waals surface area contributed by atoms with Crippen LogP contribution in [0, 0.1) is 5.41 Å². The lowest BCUT2D eigenvalue weighted by Gasteiger charge is -2.35. The topological polar surface area (TPSA) is 78.8 Å². The molecule has 7 heteroatoms. The van der Waals surface area contributed by atoms with Gasteiger partial charge in [-0.3, -0.25) is 14.5 Å². The Kier molecular flexibility index (Phi) is 5.03. The lowest BCUT2D eigenvalue weighted by Crippen LogP contribution is -2.43. The lowest BCUT2D eigenvalue weighted by atomic mass is 9.87. The molecule has 1 aromatic carbocycles. The van der Waals surface area contributed by atoms with Gasteiger partial charge in [0.25, 0.3) is 10.0 Å². The highest BCUT2D eigenvalue weighted by Crippen LogP contribution is 2.24. The number of fused-ring (bicyclic) bond motifs is 1. The molecule has 1 aliphatic rings. The minimum Gasteiger partial charge on any atom is -0.342 e. The van der Waals surface area contributed by atoms with Crippen molar-refractivity contribution < 1.29 is 13.2 Å². The fraction of sp³-hybridized carbons (Fsp3) is 0.529. The maximum absolute atomic E-state index is 12.3. The predicted molar refractivity (Wildman–Crippen MR) is 94.5 cm³/mol. The van der Waals surface area contributed by atoms with Gasteiger partial charge < -0.3 is 4.90 Å². The third-order valence-corrected chi connectivity index (χ3v) is 5.88. The normalized spacial score (nSPS) is 18.8. The lowest BCUT2D eigenvalue weighted by molar-refractivity contribution is -0.133. The Labute approximate surface area is 144 Å². The van der Waals surface area contributed by atoms with Crippen molar-refractivity contribution in [3.63, 3.8) is 0 Å². The molecule has 1 heterocycles. The van der Waals surface area contributed by atoms with E-state index in [2.05, 4.69) is 30.5 Å². The van der Waals surface area contributed by atoms with E-state index in [4.69, 9.17) is 0 Å². The smallest absolute Gasteiger partial charge is 0.263 e. The van der Waals surface area contributed by atoms with E-state index in [9.17, 15) is 13.2 Å². The van der Waals surface area contributed by atoms with Crippen LogP contribution in [0.1, 0.15) is 39.7 Å². The summed E-state index contributed by atoms with van der Waals surface area (Å²) in [5.74, 6) is 0.306. The fourth-order valence-corrected chi connectivity index (χ4v) is 3.74. The first kappa shape index (κ1) is 18.4. The molecule has 0 spiro atoms. The van der Waals surface area contributed by atoms with Crippen molar-refractivity contribution in [3.8, 4) is 0 Å². The zero-order valence-electron chi connectivity index (χ0n) is 14.8. The number of rotatable bonds is 4. The standard InChI is InChI=1S/C17H25N3O3S/c1-12(17(2,3)4)20(5)15(21)10-11-18-16-13-8-6-7-9-14(13)24(22,23)19-16/h6-9,12H,10-11H2,1-5H3,(H,18,19)/t12-/m1/s1. The number of sulfonamides is 1. The number of amides is 1. The Morgan fingerprint density at radius 3 is 2.54 bits per heavy atom. The van der Waals surface area contributed by atoms with Crippen LogP contribution in [-0.4, -0.2) is 44.7 Å². The molecule has 1 N–H and O–H groups in total. The van der Waals surface area contributed by atoms with E-state index in [0.29, 0.717) is 11.4 Å². The van der Waals surface area contributed by atoms with Crippen molar-refractivity contribution in [1.29, 1.82) is 0 Å². The summed E-state index contributed by atoms with van der Waals surface area (Å²) < 4.78 is 26.4. The van der Waals surface area contributed by atoms with Gasteiger partial charge in [0.05, 0.1) is 11.4 Å². The second-order valence-corrected chi connectivity index (χ2v) is 8.78. The summed E-state index contributed by atoms with van der Waals surface area (Å²) in [5, 5.41) is 0. The van der Waals surface area contributed by atoms with Crippen LogP contribution < -0.4 is 4.72 Å². The first-order chi connectivity index (χ1) is 11.0. The quantitative estimate of drug-likeness (QED) is 0.901. The minimum absolute atomic E-state index is 0.00364. The molecule has 1 amide bonds. The molecule has 6 nitrogen and oxygen atoms in total. The van der Waals surface area contributed by atoms with E-state index < -0.39 is 10.0 Å². The molecule has 0 aromatic heterocycles. The second-order valence-electron chi connectivity index (χ2n) is 7.13. The molecular formula is C17H25N3O3S. The first-order valence-corrected chi connectivity index (χ1v) is 9.44. The summed E-state index contributed by atoms with van der Waals surface area (Å²) in [7, 11) is -1.74. The molecular weight excluding hydrogens is 326 g/mol. The van der Waals surface area contributed by atoms with Crippen LogP contribution in [-0.2, 0) is 14.8 Å². The molecule has 0 fully saturated rings. The molecule has 1 aliphatic heterocycles. The van der Waals surface area contributed by atoms with E-state index in [1.807, 2.05) is 6.92 Å². The molecule has 0 bridgehead atoms.